The number of allylic oxidation sites excluding steroid dienone is 2. The average Bonchev–Trinajstić information content (AvgIpc) is 2.37. The Morgan fingerprint density at radius 3 is 2.19 bits per heavy atom. The van der Waals surface area contributed by atoms with Crippen molar-refractivity contribution in [3.05, 3.63) is 12.2 Å². The molecule has 0 aromatic rings. The normalized spacial score (nSPS) is 27.1. The highest BCUT2D eigenvalue weighted by Crippen LogP contribution is 2.29. The molecule has 92 valence electrons. The minimum absolute atomic E-state index is 1.02. The first-order valence-electron chi connectivity index (χ1n) is 7.60. The van der Waals surface area contributed by atoms with E-state index in [1.165, 1.54) is 77.0 Å². The van der Waals surface area contributed by atoms with Crippen molar-refractivity contribution < 1.29 is 0 Å². The third kappa shape index (κ3) is 4.31. The summed E-state index contributed by atoms with van der Waals surface area (Å²) in [6, 6.07) is 0. The van der Waals surface area contributed by atoms with Crippen LogP contribution in [-0.2, 0) is 0 Å². The molecule has 0 bridgehead atoms. The molecule has 2 aliphatic carbocycles. The Morgan fingerprint density at radius 1 is 0.750 bits per heavy atom. The third-order valence-electron chi connectivity index (χ3n) is 4.58. The van der Waals surface area contributed by atoms with E-state index in [9.17, 15) is 0 Å². The van der Waals surface area contributed by atoms with Gasteiger partial charge < -0.3 is 0 Å². The van der Waals surface area contributed by atoms with Crippen LogP contribution in [-0.4, -0.2) is 0 Å². The Hall–Kier alpha value is -0.260. The van der Waals surface area contributed by atoms with Gasteiger partial charge in [0.15, 0.2) is 0 Å². The molecule has 1 unspecified atom stereocenters. The van der Waals surface area contributed by atoms with Crippen molar-refractivity contribution in [2.45, 2.75) is 77.0 Å². The van der Waals surface area contributed by atoms with E-state index in [0.29, 0.717) is 0 Å². The fraction of sp³-hybridized carbons (Fsp3) is 0.875. The fourth-order valence-electron chi connectivity index (χ4n) is 3.46. The van der Waals surface area contributed by atoms with Gasteiger partial charge >= 0.3 is 0 Å². The van der Waals surface area contributed by atoms with Gasteiger partial charge in [0, 0.05) is 0 Å². The van der Waals surface area contributed by atoms with E-state index in [1.54, 1.807) is 0 Å². The molecule has 1 atom stereocenters. The molecule has 0 nitrogen and oxygen atoms in total. The van der Waals surface area contributed by atoms with Gasteiger partial charge in [-0.15, -0.1) is 0 Å². The quantitative estimate of drug-likeness (QED) is 0.425. The topological polar surface area (TPSA) is 0 Å². The lowest BCUT2D eigenvalue weighted by molar-refractivity contribution is 0.321. The first-order valence-corrected chi connectivity index (χ1v) is 7.60. The molecule has 0 spiro atoms. The second-order valence-electron chi connectivity index (χ2n) is 5.94. The number of unbranched alkanes of at least 4 members (excludes halogenated alkanes) is 1. The lowest BCUT2D eigenvalue weighted by Crippen LogP contribution is -2.07. The molecule has 0 aliphatic heterocycles. The number of hydrogen-bond donors (Lipinski definition) is 0. The van der Waals surface area contributed by atoms with E-state index in [1.807, 2.05) is 0 Å². The van der Waals surface area contributed by atoms with Crippen LogP contribution in [0.25, 0.3) is 0 Å². The van der Waals surface area contributed by atoms with Crippen molar-refractivity contribution in [3.63, 3.8) is 0 Å². The summed E-state index contributed by atoms with van der Waals surface area (Å²) in [6.45, 7) is 0. The molecular weight excluding hydrogens is 192 g/mol. The molecule has 2 aliphatic rings. The van der Waals surface area contributed by atoms with Gasteiger partial charge in [0.25, 0.3) is 0 Å². The summed E-state index contributed by atoms with van der Waals surface area (Å²) in [4.78, 5) is 0. The SMILES string of the molecule is C1=CCC(CCCCC2CCCCC2)CC1. The van der Waals surface area contributed by atoms with Crippen LogP contribution in [0.4, 0.5) is 0 Å². The predicted molar refractivity (Wildman–Crippen MR) is 71.5 cm³/mol. The maximum atomic E-state index is 2.40. The predicted octanol–water partition coefficient (Wildman–Crippen LogP) is 5.48. The van der Waals surface area contributed by atoms with Gasteiger partial charge in [-0.3, -0.25) is 0 Å². The first-order chi connectivity index (χ1) is 7.95. The standard InChI is InChI=1S/C16H28/c1-3-9-15(10-4-1)13-7-8-14-16-11-5-2-6-12-16/h1,3,15-16H,2,4-14H2. The zero-order valence-corrected chi connectivity index (χ0v) is 10.8. The molecule has 0 aromatic heterocycles. The van der Waals surface area contributed by atoms with Crippen LogP contribution < -0.4 is 0 Å². The Kier molecular flexibility index (Phi) is 5.45. The monoisotopic (exact) mass is 220 g/mol. The summed E-state index contributed by atoms with van der Waals surface area (Å²) in [5.74, 6) is 2.12. The molecule has 2 rings (SSSR count). The summed E-state index contributed by atoms with van der Waals surface area (Å²) in [7, 11) is 0. The average molecular weight is 220 g/mol. The van der Waals surface area contributed by atoms with Gasteiger partial charge in [-0.2, -0.15) is 0 Å². The van der Waals surface area contributed by atoms with Gasteiger partial charge in [0.2, 0.25) is 0 Å². The van der Waals surface area contributed by atoms with Crippen LogP contribution >= 0.6 is 0 Å². The Bertz CT molecular complexity index is 198. The van der Waals surface area contributed by atoms with E-state index < -0.39 is 0 Å². The second-order valence-corrected chi connectivity index (χ2v) is 5.94. The van der Waals surface area contributed by atoms with Crippen molar-refractivity contribution in [1.29, 1.82) is 0 Å². The number of hydrogen-bond acceptors (Lipinski definition) is 0. The smallest absolute Gasteiger partial charge is 0.0322 e. The molecule has 0 heteroatoms. The van der Waals surface area contributed by atoms with Gasteiger partial charge in [0.1, 0.15) is 0 Å². The second kappa shape index (κ2) is 7.14. The van der Waals surface area contributed by atoms with E-state index in [2.05, 4.69) is 12.2 Å². The van der Waals surface area contributed by atoms with Crippen molar-refractivity contribution in [1.82, 2.24) is 0 Å². The molecule has 0 aromatic carbocycles. The summed E-state index contributed by atoms with van der Waals surface area (Å²) < 4.78 is 0. The third-order valence-corrected chi connectivity index (χ3v) is 4.58. The Morgan fingerprint density at radius 2 is 1.50 bits per heavy atom. The van der Waals surface area contributed by atoms with Crippen LogP contribution in [0.2, 0.25) is 0 Å². The highest BCUT2D eigenvalue weighted by molar-refractivity contribution is 4.89. The molecular formula is C16H28. The van der Waals surface area contributed by atoms with Crippen molar-refractivity contribution in [2.75, 3.05) is 0 Å². The minimum atomic E-state index is 1.02. The lowest BCUT2D eigenvalue weighted by atomic mass is 9.84. The zero-order valence-electron chi connectivity index (χ0n) is 10.8. The van der Waals surface area contributed by atoms with Gasteiger partial charge in [-0.25, -0.2) is 0 Å². The molecule has 0 heterocycles. The fourth-order valence-corrected chi connectivity index (χ4v) is 3.46. The van der Waals surface area contributed by atoms with Crippen molar-refractivity contribution >= 4 is 0 Å². The summed E-state index contributed by atoms with van der Waals surface area (Å²) >= 11 is 0. The highest BCUT2D eigenvalue weighted by atomic mass is 14.2. The first kappa shape index (κ1) is 12.2. The van der Waals surface area contributed by atoms with Crippen molar-refractivity contribution in [2.24, 2.45) is 11.8 Å². The van der Waals surface area contributed by atoms with Crippen molar-refractivity contribution in [3.8, 4) is 0 Å². The number of rotatable bonds is 5. The van der Waals surface area contributed by atoms with E-state index in [-0.39, 0.29) is 0 Å². The molecule has 0 saturated heterocycles. The summed E-state index contributed by atoms with van der Waals surface area (Å²) in [5.41, 5.74) is 0. The minimum Gasteiger partial charge on any atom is -0.0885 e. The molecule has 0 radical (unpaired) electrons. The van der Waals surface area contributed by atoms with Crippen LogP contribution in [0.1, 0.15) is 77.0 Å². The maximum Gasteiger partial charge on any atom is -0.0322 e. The van der Waals surface area contributed by atoms with E-state index in [4.69, 9.17) is 0 Å². The molecule has 16 heavy (non-hydrogen) atoms. The van der Waals surface area contributed by atoms with Crippen LogP contribution in [0.3, 0.4) is 0 Å². The van der Waals surface area contributed by atoms with Gasteiger partial charge in [-0.1, -0.05) is 69.9 Å². The van der Waals surface area contributed by atoms with E-state index in [0.717, 1.165) is 11.8 Å². The van der Waals surface area contributed by atoms with Crippen LogP contribution in [0.15, 0.2) is 12.2 Å². The van der Waals surface area contributed by atoms with Gasteiger partial charge in [-0.05, 0) is 31.1 Å². The molecule has 0 amide bonds. The zero-order chi connectivity index (χ0) is 11.1. The highest BCUT2D eigenvalue weighted by Gasteiger charge is 2.13. The van der Waals surface area contributed by atoms with E-state index >= 15 is 0 Å². The largest absolute Gasteiger partial charge is 0.0885 e. The summed E-state index contributed by atoms with van der Waals surface area (Å²) in [6.07, 6.45) is 22.5. The van der Waals surface area contributed by atoms with Crippen LogP contribution in [0, 0.1) is 11.8 Å². The molecule has 1 saturated carbocycles. The maximum absolute atomic E-state index is 2.40. The molecule has 1 fully saturated rings. The Labute approximate surface area is 102 Å². The van der Waals surface area contributed by atoms with Crippen LogP contribution in [0.5, 0.6) is 0 Å². The van der Waals surface area contributed by atoms with Gasteiger partial charge in [0.05, 0.1) is 0 Å². The lowest BCUT2D eigenvalue weighted by Gasteiger charge is -2.22. The summed E-state index contributed by atoms with van der Waals surface area (Å²) in [5, 5.41) is 0. The Balaban J connectivity index is 1.49. The molecule has 0 N–H and O–H groups in total.